The molecule has 3 heterocycles. The molecular weight excluding hydrogens is 438 g/mol. The highest BCUT2D eigenvalue weighted by Gasteiger charge is 2.31. The van der Waals surface area contributed by atoms with Crippen LogP contribution in [-0.2, 0) is 16.1 Å². The van der Waals surface area contributed by atoms with Gasteiger partial charge in [-0.2, -0.15) is 0 Å². The molecule has 2 amide bonds. The fourth-order valence-corrected chi connectivity index (χ4v) is 4.65. The molecule has 2 aromatic carbocycles. The summed E-state index contributed by atoms with van der Waals surface area (Å²) in [5.41, 5.74) is 2.24. The molecule has 166 valence electrons. The lowest BCUT2D eigenvalue weighted by Gasteiger charge is -2.30. The van der Waals surface area contributed by atoms with E-state index in [9.17, 15) is 9.59 Å². The van der Waals surface area contributed by atoms with Gasteiger partial charge in [-0.25, -0.2) is 0 Å². The molecule has 5 rings (SSSR count). The summed E-state index contributed by atoms with van der Waals surface area (Å²) in [4.78, 5) is 27.1. The maximum atomic E-state index is 13.4. The van der Waals surface area contributed by atoms with Crippen LogP contribution in [-0.4, -0.2) is 38.4 Å². The van der Waals surface area contributed by atoms with Crippen LogP contribution in [0.1, 0.15) is 12.7 Å². The average molecular weight is 460 g/mol. The van der Waals surface area contributed by atoms with Crippen molar-refractivity contribution in [2.75, 3.05) is 16.8 Å². The van der Waals surface area contributed by atoms with Gasteiger partial charge in [0.1, 0.15) is 12.3 Å². The minimum absolute atomic E-state index is 0.0188. The standard InChI is InChI=1S/C24H21N5O3S/c1-16(23(31)28-15-21(30)25-19-11-5-6-12-20(19)28)33-24-27-26-22(17-8-3-2-4-9-17)29(24)14-18-10-7-13-32-18/h2-13,16H,14-15H2,1H3,(H,25,30)/t16-/m1/s1. The number of aromatic nitrogens is 3. The van der Waals surface area contributed by atoms with E-state index in [-0.39, 0.29) is 18.4 Å². The van der Waals surface area contributed by atoms with Crippen LogP contribution >= 0.6 is 11.8 Å². The Morgan fingerprint density at radius 3 is 2.67 bits per heavy atom. The van der Waals surface area contributed by atoms with Crippen molar-refractivity contribution in [1.29, 1.82) is 0 Å². The fourth-order valence-electron chi connectivity index (χ4n) is 3.74. The number of fused-ring (bicyclic) bond motifs is 1. The van der Waals surface area contributed by atoms with Crippen molar-refractivity contribution in [3.63, 3.8) is 0 Å². The maximum Gasteiger partial charge on any atom is 0.244 e. The minimum atomic E-state index is -0.493. The van der Waals surface area contributed by atoms with E-state index in [1.165, 1.54) is 16.7 Å². The van der Waals surface area contributed by atoms with E-state index < -0.39 is 5.25 Å². The van der Waals surface area contributed by atoms with E-state index in [0.717, 1.165) is 11.3 Å². The second-order valence-electron chi connectivity index (χ2n) is 7.59. The van der Waals surface area contributed by atoms with Crippen LogP contribution in [0, 0.1) is 0 Å². The number of nitrogens with one attached hydrogen (secondary N) is 1. The Morgan fingerprint density at radius 2 is 1.88 bits per heavy atom. The number of anilines is 2. The van der Waals surface area contributed by atoms with Gasteiger partial charge in [-0.05, 0) is 31.2 Å². The zero-order valence-corrected chi connectivity index (χ0v) is 18.7. The second kappa shape index (κ2) is 8.95. The quantitative estimate of drug-likeness (QED) is 0.437. The molecule has 0 fully saturated rings. The van der Waals surface area contributed by atoms with Gasteiger partial charge in [-0.3, -0.25) is 19.1 Å². The molecule has 9 heteroatoms. The molecule has 8 nitrogen and oxygen atoms in total. The number of nitrogens with zero attached hydrogens (tertiary/aromatic N) is 4. The molecule has 0 saturated carbocycles. The number of para-hydroxylation sites is 2. The lowest BCUT2D eigenvalue weighted by Crippen LogP contribution is -2.45. The van der Waals surface area contributed by atoms with Crippen molar-refractivity contribution in [3.8, 4) is 11.4 Å². The maximum absolute atomic E-state index is 13.4. The number of hydrogen-bond acceptors (Lipinski definition) is 6. The van der Waals surface area contributed by atoms with Gasteiger partial charge in [0, 0.05) is 5.56 Å². The van der Waals surface area contributed by atoms with Crippen LogP contribution < -0.4 is 10.2 Å². The summed E-state index contributed by atoms with van der Waals surface area (Å²) in [6.07, 6.45) is 1.62. The number of thioether (sulfide) groups is 1. The van der Waals surface area contributed by atoms with Crippen molar-refractivity contribution in [3.05, 3.63) is 78.8 Å². The first-order valence-electron chi connectivity index (χ1n) is 10.5. The Kier molecular flexibility index (Phi) is 5.70. The third kappa shape index (κ3) is 4.27. The highest BCUT2D eigenvalue weighted by atomic mass is 32.2. The molecule has 2 aromatic heterocycles. The van der Waals surface area contributed by atoms with Crippen LogP contribution in [0.15, 0.2) is 82.6 Å². The van der Waals surface area contributed by atoms with E-state index in [1.807, 2.05) is 72.2 Å². The van der Waals surface area contributed by atoms with Crippen molar-refractivity contribution in [1.82, 2.24) is 14.8 Å². The summed E-state index contributed by atoms with van der Waals surface area (Å²) in [5.74, 6) is 1.06. The largest absolute Gasteiger partial charge is 0.467 e. The lowest BCUT2D eigenvalue weighted by molar-refractivity contribution is -0.121. The SMILES string of the molecule is C[C@@H](Sc1nnc(-c2ccccc2)n1Cc1ccco1)C(=O)N1CC(=O)Nc2ccccc21. The number of carbonyl (C=O) groups is 2. The van der Waals surface area contributed by atoms with Gasteiger partial charge < -0.3 is 9.73 Å². The molecule has 1 aliphatic rings. The van der Waals surface area contributed by atoms with Gasteiger partial charge in [0.05, 0.1) is 29.4 Å². The molecule has 1 atom stereocenters. The smallest absolute Gasteiger partial charge is 0.244 e. The predicted molar refractivity (Wildman–Crippen MR) is 126 cm³/mol. The normalized spacial score (nSPS) is 14.0. The lowest BCUT2D eigenvalue weighted by atomic mass is 10.2. The van der Waals surface area contributed by atoms with Gasteiger partial charge in [0.2, 0.25) is 11.8 Å². The molecular formula is C24H21N5O3S. The van der Waals surface area contributed by atoms with Crippen molar-refractivity contribution in [2.24, 2.45) is 0 Å². The average Bonchev–Trinajstić information content (AvgIpc) is 3.49. The molecule has 0 bridgehead atoms. The van der Waals surface area contributed by atoms with E-state index in [4.69, 9.17) is 4.42 Å². The molecule has 1 N–H and O–H groups in total. The Hall–Kier alpha value is -3.85. The Balaban J connectivity index is 1.44. The second-order valence-corrected chi connectivity index (χ2v) is 8.90. The van der Waals surface area contributed by atoms with Crippen LogP contribution in [0.4, 0.5) is 11.4 Å². The molecule has 0 saturated heterocycles. The van der Waals surface area contributed by atoms with E-state index in [1.54, 1.807) is 12.3 Å². The molecule has 33 heavy (non-hydrogen) atoms. The summed E-state index contributed by atoms with van der Waals surface area (Å²) in [6.45, 7) is 2.23. The highest BCUT2D eigenvalue weighted by Crippen LogP contribution is 2.33. The Bertz CT molecular complexity index is 1290. The van der Waals surface area contributed by atoms with Crippen LogP contribution in [0.5, 0.6) is 0 Å². The minimum Gasteiger partial charge on any atom is -0.467 e. The summed E-state index contributed by atoms with van der Waals surface area (Å²) >= 11 is 1.31. The molecule has 0 unspecified atom stereocenters. The molecule has 0 spiro atoms. The van der Waals surface area contributed by atoms with E-state index >= 15 is 0 Å². The van der Waals surface area contributed by atoms with E-state index in [0.29, 0.717) is 28.9 Å². The molecule has 0 aliphatic carbocycles. The number of amides is 2. The zero-order chi connectivity index (χ0) is 22.8. The predicted octanol–water partition coefficient (Wildman–Crippen LogP) is 4.05. The first kappa shape index (κ1) is 21.0. The molecule has 0 radical (unpaired) electrons. The summed E-state index contributed by atoms with van der Waals surface area (Å²) < 4.78 is 7.49. The van der Waals surface area contributed by atoms with Crippen LogP contribution in [0.2, 0.25) is 0 Å². The van der Waals surface area contributed by atoms with Gasteiger partial charge in [0.25, 0.3) is 0 Å². The van der Waals surface area contributed by atoms with E-state index in [2.05, 4.69) is 15.5 Å². The third-order valence-corrected chi connectivity index (χ3v) is 6.38. The number of benzene rings is 2. The zero-order valence-electron chi connectivity index (χ0n) is 17.8. The Labute approximate surface area is 194 Å². The number of hydrogen-bond donors (Lipinski definition) is 1. The van der Waals surface area contributed by atoms with Crippen LogP contribution in [0.3, 0.4) is 0 Å². The van der Waals surface area contributed by atoms with Gasteiger partial charge in [0.15, 0.2) is 11.0 Å². The Morgan fingerprint density at radius 1 is 1.09 bits per heavy atom. The summed E-state index contributed by atoms with van der Waals surface area (Å²) in [5, 5.41) is 11.7. The topological polar surface area (TPSA) is 93.3 Å². The van der Waals surface area contributed by atoms with Gasteiger partial charge in [-0.15, -0.1) is 10.2 Å². The summed E-state index contributed by atoms with van der Waals surface area (Å²) in [7, 11) is 0. The summed E-state index contributed by atoms with van der Waals surface area (Å²) in [6, 6.07) is 20.8. The van der Waals surface area contributed by atoms with Crippen LogP contribution in [0.25, 0.3) is 11.4 Å². The van der Waals surface area contributed by atoms with Crippen molar-refractivity contribution >= 4 is 35.0 Å². The number of furan rings is 1. The molecule has 1 aliphatic heterocycles. The third-order valence-electron chi connectivity index (χ3n) is 5.31. The van der Waals surface area contributed by atoms with Crippen molar-refractivity contribution in [2.45, 2.75) is 23.9 Å². The molecule has 4 aromatic rings. The monoisotopic (exact) mass is 459 g/mol. The number of carbonyl (C=O) groups excluding carboxylic acids is 2. The first-order chi connectivity index (χ1) is 16.1. The first-order valence-corrected chi connectivity index (χ1v) is 11.4. The van der Waals surface area contributed by atoms with Gasteiger partial charge >= 0.3 is 0 Å². The number of rotatable bonds is 6. The van der Waals surface area contributed by atoms with Gasteiger partial charge in [-0.1, -0.05) is 54.2 Å². The highest BCUT2D eigenvalue weighted by molar-refractivity contribution is 8.00. The van der Waals surface area contributed by atoms with Crippen molar-refractivity contribution < 1.29 is 14.0 Å². The fraction of sp³-hybridized carbons (Fsp3) is 0.167.